The van der Waals surface area contributed by atoms with E-state index in [4.69, 9.17) is 4.74 Å². The first-order valence-corrected chi connectivity index (χ1v) is 9.78. The Bertz CT molecular complexity index is 825. The second-order valence-electron chi connectivity index (χ2n) is 7.23. The molecular weight excluding hydrogens is 434 g/mol. The van der Waals surface area contributed by atoms with E-state index in [-0.39, 0.29) is 42.7 Å². The van der Waals surface area contributed by atoms with Crippen LogP contribution in [0.4, 0.5) is 15.8 Å². The highest BCUT2D eigenvalue weighted by Crippen LogP contribution is 2.21. The molecule has 2 fully saturated rings. The van der Waals surface area contributed by atoms with Crippen LogP contribution in [-0.4, -0.2) is 53.2 Å². The monoisotopic (exact) mass is 460 g/mol. The van der Waals surface area contributed by atoms with Crippen molar-refractivity contribution in [3.63, 3.8) is 0 Å². The van der Waals surface area contributed by atoms with Crippen LogP contribution in [0.15, 0.2) is 24.4 Å². The van der Waals surface area contributed by atoms with Gasteiger partial charge in [-0.05, 0) is 57.0 Å². The van der Waals surface area contributed by atoms with Crippen molar-refractivity contribution < 1.29 is 13.9 Å². The Kier molecular flexibility index (Phi) is 9.29. The zero-order chi connectivity index (χ0) is 19.3. The summed E-state index contributed by atoms with van der Waals surface area (Å²) >= 11 is 0. The minimum absolute atomic E-state index is 0. The van der Waals surface area contributed by atoms with Crippen LogP contribution in [-0.2, 0) is 4.74 Å². The third kappa shape index (κ3) is 6.04. The first kappa shape index (κ1) is 24.3. The lowest BCUT2D eigenvalue weighted by molar-refractivity contribution is 0.102. The first-order valence-electron chi connectivity index (χ1n) is 9.78. The predicted octanol–water partition coefficient (Wildman–Crippen LogP) is 3.03. The van der Waals surface area contributed by atoms with E-state index in [1.807, 2.05) is 0 Å². The molecule has 2 saturated heterocycles. The summed E-state index contributed by atoms with van der Waals surface area (Å²) < 4.78 is 21.6. The molecule has 0 saturated carbocycles. The van der Waals surface area contributed by atoms with Crippen molar-refractivity contribution in [1.82, 2.24) is 20.3 Å². The minimum Gasteiger partial charge on any atom is -0.380 e. The maximum atomic E-state index is 14.3. The van der Waals surface area contributed by atoms with Crippen LogP contribution >= 0.6 is 24.8 Å². The van der Waals surface area contributed by atoms with Crippen LogP contribution < -0.4 is 16.0 Å². The zero-order valence-electron chi connectivity index (χ0n) is 16.5. The van der Waals surface area contributed by atoms with Crippen molar-refractivity contribution >= 4 is 42.1 Å². The molecule has 3 N–H and O–H groups in total. The molecule has 1 aromatic carbocycles. The normalized spacial score (nSPS) is 18.9. The van der Waals surface area contributed by atoms with Gasteiger partial charge in [0.1, 0.15) is 5.82 Å². The van der Waals surface area contributed by atoms with Crippen molar-refractivity contribution in [3.05, 3.63) is 35.9 Å². The number of aromatic nitrogens is 3. The third-order valence-corrected chi connectivity index (χ3v) is 5.20. The van der Waals surface area contributed by atoms with Crippen molar-refractivity contribution in [2.45, 2.75) is 37.8 Å². The van der Waals surface area contributed by atoms with E-state index in [1.165, 1.54) is 6.07 Å². The van der Waals surface area contributed by atoms with Gasteiger partial charge in [0.2, 0.25) is 0 Å². The molecule has 30 heavy (non-hydrogen) atoms. The molecular formula is C19H27Cl2FN6O2. The molecule has 1 aromatic heterocycles. The highest BCUT2D eigenvalue weighted by Gasteiger charge is 2.19. The fraction of sp³-hybridized carbons (Fsp3) is 0.526. The Hall–Kier alpha value is -1.94. The van der Waals surface area contributed by atoms with Gasteiger partial charge in [-0.2, -0.15) is 0 Å². The van der Waals surface area contributed by atoms with E-state index in [9.17, 15) is 9.18 Å². The van der Waals surface area contributed by atoms with Crippen molar-refractivity contribution in [2.24, 2.45) is 0 Å². The molecule has 1 atom stereocenters. The Labute approximate surface area is 187 Å². The molecule has 2 aliphatic heterocycles. The van der Waals surface area contributed by atoms with E-state index in [0.717, 1.165) is 45.4 Å². The van der Waals surface area contributed by atoms with Crippen LogP contribution in [0.3, 0.4) is 0 Å². The fourth-order valence-corrected chi connectivity index (χ4v) is 3.59. The lowest BCUT2D eigenvalue weighted by atomic mass is 10.1. The predicted molar refractivity (Wildman–Crippen MR) is 117 cm³/mol. The van der Waals surface area contributed by atoms with Gasteiger partial charge in [0.15, 0.2) is 5.69 Å². The van der Waals surface area contributed by atoms with Crippen molar-refractivity contribution in [1.29, 1.82) is 0 Å². The lowest BCUT2D eigenvalue weighted by Crippen LogP contribution is -2.29. The number of benzene rings is 1. The highest BCUT2D eigenvalue weighted by atomic mass is 35.5. The van der Waals surface area contributed by atoms with Crippen LogP contribution in [0.2, 0.25) is 0 Å². The van der Waals surface area contributed by atoms with Gasteiger partial charge in [0.05, 0.1) is 24.0 Å². The molecule has 166 valence electrons. The second-order valence-corrected chi connectivity index (χ2v) is 7.23. The van der Waals surface area contributed by atoms with E-state index >= 15 is 0 Å². The van der Waals surface area contributed by atoms with Gasteiger partial charge in [-0.3, -0.25) is 4.79 Å². The molecule has 1 unspecified atom stereocenters. The topological polar surface area (TPSA) is 93.1 Å². The Morgan fingerprint density at radius 2 is 2.07 bits per heavy atom. The van der Waals surface area contributed by atoms with Gasteiger partial charge in [-0.15, -0.1) is 29.9 Å². The summed E-state index contributed by atoms with van der Waals surface area (Å²) in [6.07, 6.45) is 5.72. The molecule has 11 heteroatoms. The summed E-state index contributed by atoms with van der Waals surface area (Å²) in [7, 11) is 0. The van der Waals surface area contributed by atoms with Gasteiger partial charge in [-0.25, -0.2) is 9.07 Å². The van der Waals surface area contributed by atoms with Crippen molar-refractivity contribution in [3.8, 4) is 0 Å². The number of carbonyl (C=O) groups is 1. The Morgan fingerprint density at radius 1 is 1.27 bits per heavy atom. The maximum Gasteiger partial charge on any atom is 0.277 e. The van der Waals surface area contributed by atoms with Gasteiger partial charge >= 0.3 is 0 Å². The largest absolute Gasteiger partial charge is 0.380 e. The van der Waals surface area contributed by atoms with Crippen LogP contribution in [0.25, 0.3) is 0 Å². The number of rotatable bonds is 6. The Morgan fingerprint density at radius 3 is 2.77 bits per heavy atom. The molecule has 0 spiro atoms. The summed E-state index contributed by atoms with van der Waals surface area (Å²) in [5, 5.41) is 17.1. The summed E-state index contributed by atoms with van der Waals surface area (Å²) in [6, 6.07) is 4.83. The number of halogens is 3. The summed E-state index contributed by atoms with van der Waals surface area (Å²) in [5.41, 5.74) is 0.992. The highest BCUT2D eigenvalue weighted by molar-refractivity contribution is 6.02. The smallest absolute Gasteiger partial charge is 0.277 e. The van der Waals surface area contributed by atoms with Gasteiger partial charge < -0.3 is 20.7 Å². The lowest BCUT2D eigenvalue weighted by Gasteiger charge is -2.22. The number of piperidine rings is 1. The zero-order valence-corrected chi connectivity index (χ0v) is 18.1. The van der Waals surface area contributed by atoms with Gasteiger partial charge in [0, 0.05) is 18.8 Å². The Balaban J connectivity index is 0.00000160. The minimum atomic E-state index is -0.422. The molecule has 0 aliphatic carbocycles. The van der Waals surface area contributed by atoms with Crippen LogP contribution in [0.1, 0.15) is 42.2 Å². The molecule has 3 heterocycles. The number of carbonyl (C=O) groups excluding carboxylic acids is 1. The van der Waals surface area contributed by atoms with Gasteiger partial charge in [0.25, 0.3) is 5.91 Å². The van der Waals surface area contributed by atoms with E-state index in [1.54, 1.807) is 23.0 Å². The number of amides is 1. The van der Waals surface area contributed by atoms with Crippen LogP contribution in [0, 0.1) is 5.82 Å². The molecule has 2 aromatic rings. The maximum absolute atomic E-state index is 14.3. The number of anilines is 2. The molecule has 4 rings (SSSR count). The first-order chi connectivity index (χ1) is 13.7. The fourth-order valence-electron chi connectivity index (χ4n) is 3.59. The average Bonchev–Trinajstić information content (AvgIpc) is 3.40. The average molecular weight is 461 g/mol. The molecule has 0 radical (unpaired) electrons. The summed E-state index contributed by atoms with van der Waals surface area (Å²) in [4.78, 5) is 12.4. The van der Waals surface area contributed by atoms with E-state index in [2.05, 4.69) is 26.3 Å². The second kappa shape index (κ2) is 11.5. The van der Waals surface area contributed by atoms with Crippen LogP contribution in [0.5, 0.6) is 0 Å². The summed E-state index contributed by atoms with van der Waals surface area (Å²) in [5.74, 6) is -0.825. The molecule has 1 amide bonds. The SMILES string of the molecule is Cl.Cl.O=C(Nc1ccc(NCC2CCCO2)c(F)c1)c1cn(C2CCNCC2)nn1. The molecule has 8 nitrogen and oxygen atoms in total. The summed E-state index contributed by atoms with van der Waals surface area (Å²) in [6.45, 7) is 3.20. The van der Waals surface area contributed by atoms with E-state index in [0.29, 0.717) is 17.9 Å². The van der Waals surface area contributed by atoms with E-state index < -0.39 is 11.7 Å². The quantitative estimate of drug-likeness (QED) is 0.613. The number of hydrogen-bond donors (Lipinski definition) is 3. The number of hydrogen-bond acceptors (Lipinski definition) is 6. The molecule has 0 bridgehead atoms. The number of nitrogens with one attached hydrogen (secondary N) is 3. The van der Waals surface area contributed by atoms with Gasteiger partial charge in [-0.1, -0.05) is 5.21 Å². The number of nitrogens with zero attached hydrogens (tertiary/aromatic N) is 3. The standard InChI is InChI=1S/C19H25FN6O2.2ClH/c20-16-10-13(3-4-17(16)22-11-15-2-1-9-28-15)23-19(27)18-12-26(25-24-18)14-5-7-21-8-6-14;;/h3-4,10,12,14-15,21-22H,1-2,5-9,11H2,(H,23,27);2*1H. The number of ether oxygens (including phenoxy) is 1. The van der Waals surface area contributed by atoms with Crippen molar-refractivity contribution in [2.75, 3.05) is 36.9 Å². The molecule has 2 aliphatic rings. The third-order valence-electron chi connectivity index (χ3n) is 5.20.